The fraction of sp³-hybridized carbons (Fsp3) is 0.400. The predicted octanol–water partition coefficient (Wildman–Crippen LogP) is 13.6. The molecule has 4 aromatic carbocycles. The lowest BCUT2D eigenvalue weighted by Gasteiger charge is -2.19. The van der Waals surface area contributed by atoms with Crippen molar-refractivity contribution in [1.29, 1.82) is 0 Å². The molecule has 0 bridgehead atoms. The number of benzene rings is 4. The van der Waals surface area contributed by atoms with Crippen LogP contribution >= 0.6 is 90.4 Å². The molecule has 0 saturated heterocycles. The number of ketones is 2. The number of furan rings is 2. The molecule has 6 rings (SSSR count). The Bertz CT molecular complexity index is 2240. The third-order valence-corrected chi connectivity index (χ3v) is 14.3. The van der Waals surface area contributed by atoms with Crippen molar-refractivity contribution in [3.8, 4) is 11.5 Å². The standard InChI is InChI=1S/C50H56I4N2O6/c1-5-7-19-43-45(35-17-11-13-21-41(35)61-43)47(57)33-29-37(51)49(38(52)30-33)59-27-25-55(3)23-15-9-10-16-24-56(4)26-28-60-50-39(53)31-34(32-40(50)54)48(58)46-36-18-12-14-22-42(36)62-44(46)20-8-6-2/h11-14,17-18,21-22,29-32H,5-10,15-16,19-20,23-28H2,1-4H3. The molecule has 330 valence electrons. The summed E-state index contributed by atoms with van der Waals surface area (Å²) in [5.41, 5.74) is 4.21. The van der Waals surface area contributed by atoms with E-state index >= 15 is 0 Å². The summed E-state index contributed by atoms with van der Waals surface area (Å²) >= 11 is 9.15. The van der Waals surface area contributed by atoms with E-state index in [2.05, 4.69) is 128 Å². The average Bonchev–Trinajstić information content (AvgIpc) is 3.82. The molecule has 0 aliphatic heterocycles. The van der Waals surface area contributed by atoms with Crippen LogP contribution in [-0.4, -0.2) is 74.9 Å². The fourth-order valence-corrected chi connectivity index (χ4v) is 11.8. The molecule has 0 aliphatic rings. The Labute approximate surface area is 421 Å². The van der Waals surface area contributed by atoms with Crippen molar-refractivity contribution in [2.75, 3.05) is 53.5 Å². The monoisotopic (exact) mass is 1290 g/mol. The van der Waals surface area contributed by atoms with Crippen molar-refractivity contribution in [1.82, 2.24) is 9.80 Å². The first-order valence-electron chi connectivity index (χ1n) is 21.7. The molecule has 0 atom stereocenters. The maximum atomic E-state index is 13.9. The molecule has 0 N–H and O–H groups in total. The first kappa shape index (κ1) is 49.2. The maximum Gasteiger partial charge on any atom is 0.197 e. The zero-order valence-electron chi connectivity index (χ0n) is 36.1. The van der Waals surface area contributed by atoms with E-state index in [1.165, 1.54) is 12.8 Å². The zero-order chi connectivity index (χ0) is 44.2. The quantitative estimate of drug-likeness (QED) is 0.0318. The van der Waals surface area contributed by atoms with Gasteiger partial charge in [-0.3, -0.25) is 9.59 Å². The van der Waals surface area contributed by atoms with Crippen LogP contribution in [0.2, 0.25) is 0 Å². The number of carbonyl (C=O) groups is 2. The van der Waals surface area contributed by atoms with Crippen LogP contribution < -0.4 is 9.47 Å². The number of hydrogen-bond donors (Lipinski definition) is 0. The number of hydrogen-bond acceptors (Lipinski definition) is 8. The summed E-state index contributed by atoms with van der Waals surface area (Å²) < 4.78 is 28.6. The SMILES string of the molecule is CCCCc1oc2ccccc2c1C(=O)c1cc(I)c(OCCN(C)CCCCCCN(C)CCOc2c(I)cc(C(=O)c3c(CCCC)oc4ccccc34)cc2I)c(I)c1. The van der Waals surface area contributed by atoms with Crippen LogP contribution in [0.15, 0.2) is 81.6 Å². The van der Waals surface area contributed by atoms with E-state index in [1.807, 2.05) is 72.8 Å². The summed E-state index contributed by atoms with van der Waals surface area (Å²) in [6.07, 6.45) is 10.2. The van der Waals surface area contributed by atoms with E-state index in [1.54, 1.807) is 0 Å². The molecule has 12 heteroatoms. The lowest BCUT2D eigenvalue weighted by Crippen LogP contribution is -2.26. The molecular weight excluding hydrogens is 1230 g/mol. The highest BCUT2D eigenvalue weighted by Crippen LogP contribution is 2.35. The van der Waals surface area contributed by atoms with Crippen molar-refractivity contribution in [2.24, 2.45) is 0 Å². The number of nitrogens with zero attached hydrogens (tertiary/aromatic N) is 2. The Morgan fingerprint density at radius 2 is 0.903 bits per heavy atom. The molecule has 0 aliphatic carbocycles. The van der Waals surface area contributed by atoms with Crippen molar-refractivity contribution in [3.05, 3.63) is 121 Å². The maximum absolute atomic E-state index is 13.9. The third kappa shape index (κ3) is 12.8. The molecule has 2 aromatic heterocycles. The second-order valence-electron chi connectivity index (χ2n) is 15.9. The van der Waals surface area contributed by atoms with E-state index in [4.69, 9.17) is 18.3 Å². The molecular formula is C50H56I4N2O6. The van der Waals surface area contributed by atoms with Gasteiger partial charge in [-0.1, -0.05) is 75.9 Å². The number of halogens is 4. The van der Waals surface area contributed by atoms with Crippen LogP contribution in [0.4, 0.5) is 0 Å². The highest BCUT2D eigenvalue weighted by molar-refractivity contribution is 14.1. The first-order chi connectivity index (χ1) is 30.0. The number of unbranched alkanes of at least 4 members (excludes halogenated alkanes) is 5. The van der Waals surface area contributed by atoms with Crippen molar-refractivity contribution in [2.45, 2.75) is 78.1 Å². The van der Waals surface area contributed by atoms with Gasteiger partial charge in [-0.25, -0.2) is 0 Å². The van der Waals surface area contributed by atoms with Crippen LogP contribution in [0.3, 0.4) is 0 Å². The van der Waals surface area contributed by atoms with E-state index in [-0.39, 0.29) is 11.6 Å². The van der Waals surface area contributed by atoms with Gasteiger partial charge in [0, 0.05) is 47.8 Å². The Morgan fingerprint density at radius 1 is 0.532 bits per heavy atom. The smallest absolute Gasteiger partial charge is 0.197 e. The molecule has 0 radical (unpaired) electrons. The second-order valence-corrected chi connectivity index (χ2v) is 20.6. The summed E-state index contributed by atoms with van der Waals surface area (Å²) in [5, 5.41) is 1.75. The van der Waals surface area contributed by atoms with Crippen LogP contribution in [-0.2, 0) is 12.8 Å². The Balaban J connectivity index is 0.883. The van der Waals surface area contributed by atoms with E-state index in [0.717, 1.165) is 137 Å². The zero-order valence-corrected chi connectivity index (χ0v) is 44.7. The lowest BCUT2D eigenvalue weighted by molar-refractivity contribution is 0.103. The Kier molecular flexibility index (Phi) is 19.3. The number of likely N-dealkylation sites (N-methyl/N-ethyl adjacent to an activating group) is 2. The van der Waals surface area contributed by atoms with Gasteiger partial charge in [-0.05, 0) is 180 Å². The highest BCUT2D eigenvalue weighted by atomic mass is 127. The minimum absolute atomic E-state index is 0.00121. The van der Waals surface area contributed by atoms with E-state index in [9.17, 15) is 9.59 Å². The summed E-state index contributed by atoms with van der Waals surface area (Å²) in [4.78, 5) is 32.5. The van der Waals surface area contributed by atoms with Crippen LogP contribution in [0, 0.1) is 14.3 Å². The number of ether oxygens (including phenoxy) is 2. The molecule has 2 heterocycles. The van der Waals surface area contributed by atoms with Crippen LogP contribution in [0.1, 0.15) is 109 Å². The topological polar surface area (TPSA) is 85.4 Å². The highest BCUT2D eigenvalue weighted by Gasteiger charge is 2.25. The molecule has 0 unspecified atom stereocenters. The number of aryl methyl sites for hydroxylation is 2. The van der Waals surface area contributed by atoms with Gasteiger partial charge in [0.25, 0.3) is 0 Å². The normalized spacial score (nSPS) is 11.7. The summed E-state index contributed by atoms with van der Waals surface area (Å²) in [6, 6.07) is 23.4. The first-order valence-corrected chi connectivity index (χ1v) is 26.0. The van der Waals surface area contributed by atoms with Gasteiger partial charge in [0.2, 0.25) is 0 Å². The van der Waals surface area contributed by atoms with Gasteiger partial charge < -0.3 is 28.1 Å². The fourth-order valence-electron chi connectivity index (χ4n) is 7.61. The van der Waals surface area contributed by atoms with E-state index < -0.39 is 0 Å². The van der Waals surface area contributed by atoms with Crippen LogP contribution in [0.5, 0.6) is 11.5 Å². The lowest BCUT2D eigenvalue weighted by atomic mass is 9.98. The molecule has 0 saturated carbocycles. The van der Waals surface area contributed by atoms with Crippen molar-refractivity contribution < 1.29 is 27.9 Å². The number of para-hydroxylation sites is 2. The number of fused-ring (bicyclic) bond motifs is 2. The average molecular weight is 1290 g/mol. The minimum atomic E-state index is -0.00121. The van der Waals surface area contributed by atoms with E-state index in [0.29, 0.717) is 35.5 Å². The summed E-state index contributed by atoms with van der Waals surface area (Å²) in [7, 11) is 4.30. The van der Waals surface area contributed by atoms with Gasteiger partial charge in [-0.2, -0.15) is 0 Å². The van der Waals surface area contributed by atoms with Crippen molar-refractivity contribution in [3.63, 3.8) is 0 Å². The van der Waals surface area contributed by atoms with Crippen LogP contribution in [0.25, 0.3) is 21.9 Å². The number of rotatable bonds is 25. The summed E-state index contributed by atoms with van der Waals surface area (Å²) in [5.74, 6) is 3.21. The van der Waals surface area contributed by atoms with Gasteiger partial charge in [-0.15, -0.1) is 0 Å². The molecule has 8 nitrogen and oxygen atoms in total. The third-order valence-electron chi connectivity index (χ3n) is 11.1. The van der Waals surface area contributed by atoms with Gasteiger partial charge in [0.15, 0.2) is 11.6 Å². The molecule has 6 aromatic rings. The van der Waals surface area contributed by atoms with Gasteiger partial charge in [0.05, 0.1) is 25.4 Å². The summed E-state index contributed by atoms with van der Waals surface area (Å²) in [6.45, 7) is 9.17. The Hall–Kier alpha value is -2.26. The Morgan fingerprint density at radius 3 is 1.27 bits per heavy atom. The second kappa shape index (κ2) is 24.3. The predicted molar refractivity (Wildman–Crippen MR) is 285 cm³/mol. The molecule has 0 spiro atoms. The minimum Gasteiger partial charge on any atom is -0.490 e. The molecule has 0 amide bonds. The number of carbonyl (C=O) groups excluding carboxylic acids is 2. The molecule has 62 heavy (non-hydrogen) atoms. The van der Waals surface area contributed by atoms with Crippen molar-refractivity contribution >= 4 is 124 Å². The molecule has 0 fully saturated rings. The van der Waals surface area contributed by atoms with Gasteiger partial charge in [0.1, 0.15) is 47.4 Å². The van der Waals surface area contributed by atoms with Gasteiger partial charge >= 0.3 is 0 Å². The largest absolute Gasteiger partial charge is 0.490 e.